The van der Waals surface area contributed by atoms with Gasteiger partial charge in [0.1, 0.15) is 57.2 Å². The zero-order chi connectivity index (χ0) is 86.0. The summed E-state index contributed by atoms with van der Waals surface area (Å²) in [5.41, 5.74) is 1.69. The molecule has 0 aliphatic carbocycles. The van der Waals surface area contributed by atoms with Crippen LogP contribution in [0.15, 0.2) is 170 Å². The molecule has 0 saturated carbocycles. The number of amides is 2. The van der Waals surface area contributed by atoms with E-state index in [2.05, 4.69) is 112 Å². The monoisotopic (exact) mass is 1690 g/mol. The molecule has 2 aromatic heterocycles. The topological polar surface area (TPSA) is 288 Å². The Labute approximate surface area is 712 Å². The summed E-state index contributed by atoms with van der Waals surface area (Å²) in [5.74, 6) is 14.7. The van der Waals surface area contributed by atoms with Gasteiger partial charge < -0.3 is 62.5 Å². The molecule has 2 aliphatic heterocycles. The van der Waals surface area contributed by atoms with Crippen molar-refractivity contribution in [2.75, 3.05) is 59.5 Å². The number of nitrogen functional groups attached to an aromatic ring is 1. The molecular formula is C88H129LiN9O14PSi4. The number of nitrogens with one attached hydrogen (secondary N) is 1. The van der Waals surface area contributed by atoms with Gasteiger partial charge in [0.15, 0.2) is 28.0 Å². The van der Waals surface area contributed by atoms with Crippen molar-refractivity contribution in [2.45, 2.75) is 207 Å². The molecule has 0 bridgehead atoms. The Hall–Kier alpha value is -7.89. The van der Waals surface area contributed by atoms with Gasteiger partial charge in [-0.15, -0.1) is 0 Å². The van der Waals surface area contributed by atoms with Crippen molar-refractivity contribution in [3.8, 4) is 45.5 Å². The summed E-state index contributed by atoms with van der Waals surface area (Å²) in [6, 6.07) is 51.9. The number of hydrogen-bond donors (Lipinski definition) is 3. The quantitative estimate of drug-likeness (QED) is 0.0120. The maximum Gasteiger partial charge on any atom is 1.00 e. The van der Waals surface area contributed by atoms with Crippen molar-refractivity contribution in [1.82, 2.24) is 29.4 Å². The number of methoxy groups -OCH3 is 2. The number of esters is 2. The fourth-order valence-electron chi connectivity index (χ4n) is 13.1. The second-order valence-corrected chi connectivity index (χ2v) is 58.0. The first-order chi connectivity index (χ1) is 54.1. The zero-order valence-corrected chi connectivity index (χ0v) is 78.9. The number of benzene rings is 6. The summed E-state index contributed by atoms with van der Waals surface area (Å²) >= 11 is 0. The minimum absolute atomic E-state index is 0. The van der Waals surface area contributed by atoms with Crippen molar-refractivity contribution in [3.05, 3.63) is 198 Å². The first-order valence-corrected chi connectivity index (χ1v) is 54.3. The molecule has 4 atom stereocenters. The molecule has 2 saturated heterocycles. The Morgan fingerprint density at radius 2 is 0.872 bits per heavy atom. The summed E-state index contributed by atoms with van der Waals surface area (Å²) in [7, 11) is -6.66. The van der Waals surface area contributed by atoms with Crippen LogP contribution in [0.1, 0.15) is 153 Å². The number of carbonyl (C=O) groups excluding carboxylic acids is 4. The summed E-state index contributed by atoms with van der Waals surface area (Å²) < 4.78 is 70.3. The van der Waals surface area contributed by atoms with E-state index in [4.69, 9.17) is 68.3 Å². The average Bonchev–Trinajstić information content (AvgIpc) is 1.64. The number of aromatic amines is 1. The molecule has 4 heterocycles. The van der Waals surface area contributed by atoms with Crippen molar-refractivity contribution in [2.24, 2.45) is 17.7 Å². The van der Waals surface area contributed by atoms with Gasteiger partial charge >= 0.3 is 43.0 Å². The molecule has 2 fully saturated rings. The van der Waals surface area contributed by atoms with E-state index < -0.39 is 63.6 Å². The third-order valence-electron chi connectivity index (χ3n) is 20.6. The summed E-state index contributed by atoms with van der Waals surface area (Å²) in [4.78, 5) is 68.9. The Morgan fingerprint density at radius 1 is 0.513 bits per heavy atom. The van der Waals surface area contributed by atoms with E-state index >= 15 is 0 Å². The largest absolute Gasteiger partial charge is 1.00 e. The van der Waals surface area contributed by atoms with Gasteiger partial charge in [-0.05, 0) is 212 Å². The molecule has 632 valence electrons. The molecule has 2 amide bonds. The summed E-state index contributed by atoms with van der Waals surface area (Å²) in [6.45, 7) is 50.5. The van der Waals surface area contributed by atoms with Crippen molar-refractivity contribution in [1.29, 1.82) is 0 Å². The molecule has 0 spiro atoms. The molecule has 10 rings (SSSR count). The van der Waals surface area contributed by atoms with Gasteiger partial charge in [-0.25, -0.2) is 44.3 Å². The number of H-pyrrole nitrogens is 1. The maximum atomic E-state index is 13.1. The SMILES string of the molecule is COC(=O)c1[nH]c(C(CCO[Si](C)(C)C(C)(C)C)C2CCN(C(=O)OC(C)(C)C)C2)nc1-c1ccc(Oc2ccccc2)cc1.COC(=O)c1c(-c2ccc(Oc3ccccc3)cc2)nc(C(CCO[Si](C)(C)C(C)(C)C)C2CCN(C(=O)OC(C)(C)C)C2)n1N.C[Si](C)(C)[N-][Si](C)(C)C.NOP(=O)(c1ccccc1)c1ccccc1.[Li+]. The second-order valence-electron chi connectivity index (χ2n) is 36.5. The molecule has 8 aromatic rings. The van der Waals surface area contributed by atoms with Crippen LogP contribution in [0.25, 0.3) is 27.2 Å². The van der Waals surface area contributed by atoms with E-state index in [-0.39, 0.29) is 70.5 Å². The van der Waals surface area contributed by atoms with Crippen LogP contribution in [0.5, 0.6) is 23.0 Å². The van der Waals surface area contributed by atoms with Gasteiger partial charge in [-0.2, -0.15) is 0 Å². The van der Waals surface area contributed by atoms with E-state index in [1.54, 1.807) is 34.1 Å². The third kappa shape index (κ3) is 28.9. The number of likely N-dealkylation sites (tertiary alicyclic amines) is 2. The molecule has 4 unspecified atom stereocenters. The third-order valence-corrected chi connectivity index (χ3v) is 37.3. The maximum absolute atomic E-state index is 13.1. The van der Waals surface area contributed by atoms with Gasteiger partial charge in [0.05, 0.1) is 14.2 Å². The number of hydrogen-bond acceptors (Lipinski definition) is 18. The Balaban J connectivity index is 0.000000279. The molecular weight excluding hydrogens is 1560 g/mol. The summed E-state index contributed by atoms with van der Waals surface area (Å²) in [5, 5.41) is 1.33. The number of nitrogens with zero attached hydrogens (tertiary/aromatic N) is 6. The number of imidazole rings is 2. The van der Waals surface area contributed by atoms with Crippen LogP contribution >= 0.6 is 7.37 Å². The van der Waals surface area contributed by atoms with E-state index in [0.29, 0.717) is 109 Å². The number of aromatic nitrogens is 4. The van der Waals surface area contributed by atoms with Crippen LogP contribution in [0.2, 0.25) is 75.5 Å². The van der Waals surface area contributed by atoms with Crippen molar-refractivity contribution >= 4 is 75.2 Å². The Bertz CT molecular complexity index is 4450. The van der Waals surface area contributed by atoms with Crippen LogP contribution in [0.4, 0.5) is 9.59 Å². The van der Waals surface area contributed by atoms with Crippen LogP contribution in [0, 0.1) is 11.8 Å². The average molecular weight is 1690 g/mol. The van der Waals surface area contributed by atoms with Crippen molar-refractivity contribution in [3.63, 3.8) is 0 Å². The molecule has 29 heteroatoms. The fourth-order valence-corrected chi connectivity index (χ4v) is 24.9. The Kier molecular flexibility index (Phi) is 35.1. The minimum Gasteiger partial charge on any atom is -0.668 e. The smallest absolute Gasteiger partial charge is 0.668 e. The molecule has 23 nitrogen and oxygen atoms in total. The molecule has 0 radical (unpaired) electrons. The van der Waals surface area contributed by atoms with Crippen LogP contribution < -0.4 is 50.7 Å². The summed E-state index contributed by atoms with van der Waals surface area (Å²) in [6.07, 6.45) is 2.20. The normalized spacial score (nSPS) is 15.3. The number of para-hydroxylation sites is 2. The Morgan fingerprint density at radius 3 is 1.22 bits per heavy atom. The number of carbonyl (C=O) groups is 4. The van der Waals surface area contributed by atoms with Crippen molar-refractivity contribution < 1.29 is 84.5 Å². The van der Waals surface area contributed by atoms with Gasteiger partial charge in [-0.1, -0.05) is 170 Å². The van der Waals surface area contributed by atoms with Gasteiger partial charge in [0.25, 0.3) is 7.37 Å². The van der Waals surface area contributed by atoms with E-state index in [9.17, 15) is 23.7 Å². The number of nitrogens with two attached hydrogens (primary N) is 2. The van der Waals surface area contributed by atoms with Crippen LogP contribution in [-0.4, -0.2) is 151 Å². The van der Waals surface area contributed by atoms with Gasteiger partial charge in [-0.3, -0.25) is 4.57 Å². The first-order valence-electron chi connectivity index (χ1n) is 39.9. The molecule has 2 aliphatic rings. The van der Waals surface area contributed by atoms with Gasteiger partial charge in [0.2, 0.25) is 0 Å². The van der Waals surface area contributed by atoms with E-state index in [1.165, 1.54) is 18.9 Å². The second kappa shape index (κ2) is 41.9. The minimum atomic E-state index is -3.13. The number of ether oxygens (including phenoxy) is 6. The van der Waals surface area contributed by atoms with Gasteiger partial charge in [0, 0.05) is 73.0 Å². The molecule has 5 N–H and O–H groups in total. The van der Waals surface area contributed by atoms with Crippen LogP contribution in [-0.2, 0) is 37.0 Å². The standard InChI is InChI=1S/C35H50N4O6Si.C35H49N3O6Si.C12H12NO2P.C6H18NSi2.Li/c1-34(2,3)45-33(41)38-21-19-25(23-38)28(20-22-43-46(8,9)35(4,5)6)31-37-29(30(39(31)36)32(40)42-7)24-15-17-27(18-16-24)44-26-13-11-10-12-14-26;1-34(2,3)44-33(40)38-21-19-25(23-38)28(20-22-42-45(8,9)35(4,5)6)31-36-29(30(37-31)32(39)41-7)24-15-17-27(18-16-24)43-26-13-11-10-12-14-26;13-15-16(14,11-7-3-1-4-8-11)12-9-5-2-6-10-12;1-8(2,3)7-9(4,5)6;/h10-18,25,28H,19-23,36H2,1-9H3;10-18,25,28H,19-23H2,1-9H3,(H,36,37);1-10H,13H2;1-6H3;/q;;;-1;+1. The predicted molar refractivity (Wildman–Crippen MR) is 475 cm³/mol. The zero-order valence-electron chi connectivity index (χ0n) is 74.0. The first kappa shape index (κ1) is 97.9. The fraction of sp³-hybridized carbons (Fsp3) is 0.477. The number of rotatable bonds is 25. The molecule has 6 aromatic carbocycles. The van der Waals surface area contributed by atoms with E-state index in [1.807, 2.05) is 187 Å². The predicted octanol–water partition coefficient (Wildman–Crippen LogP) is 17.8. The molecule has 117 heavy (non-hydrogen) atoms. The van der Waals surface area contributed by atoms with Crippen LogP contribution in [0.3, 0.4) is 0 Å². The van der Waals surface area contributed by atoms with E-state index in [0.717, 1.165) is 29.9 Å².